The summed E-state index contributed by atoms with van der Waals surface area (Å²) in [4.78, 5) is 14.2. The zero-order valence-electron chi connectivity index (χ0n) is 16.8. The molecule has 31 heavy (non-hydrogen) atoms. The van der Waals surface area contributed by atoms with E-state index in [1.165, 1.54) is 18.2 Å². The van der Waals surface area contributed by atoms with Gasteiger partial charge in [-0.3, -0.25) is 4.79 Å². The van der Waals surface area contributed by atoms with E-state index in [4.69, 9.17) is 0 Å². The first-order valence-corrected chi connectivity index (χ1v) is 10.4. The van der Waals surface area contributed by atoms with Crippen LogP contribution in [0.15, 0.2) is 42.7 Å². The second-order valence-electron chi connectivity index (χ2n) is 8.34. The van der Waals surface area contributed by atoms with E-state index in [9.17, 15) is 18.0 Å². The normalized spacial score (nSPS) is 18.5. The van der Waals surface area contributed by atoms with Crippen LogP contribution in [-0.4, -0.2) is 38.7 Å². The number of hydrogen-bond acceptors (Lipinski definition) is 3. The van der Waals surface area contributed by atoms with Crippen molar-refractivity contribution in [3.8, 4) is 22.5 Å². The molecule has 5 rings (SSSR count). The van der Waals surface area contributed by atoms with Gasteiger partial charge in [-0.05, 0) is 55.0 Å². The Kier molecular flexibility index (Phi) is 5.00. The number of benzene rings is 2. The molecule has 0 unspecified atom stereocenters. The fourth-order valence-electron chi connectivity index (χ4n) is 4.23. The van der Waals surface area contributed by atoms with Gasteiger partial charge in [0, 0.05) is 37.2 Å². The molecule has 2 heterocycles. The molecular formula is C23H21F3N4O. The summed E-state index contributed by atoms with van der Waals surface area (Å²) in [6.45, 7) is 2.03. The van der Waals surface area contributed by atoms with Crippen molar-refractivity contribution in [1.29, 1.82) is 0 Å². The van der Waals surface area contributed by atoms with Crippen molar-refractivity contribution < 1.29 is 18.0 Å². The Labute approximate surface area is 177 Å². The predicted octanol–water partition coefficient (Wildman–Crippen LogP) is 4.29. The van der Waals surface area contributed by atoms with Crippen molar-refractivity contribution in [2.75, 3.05) is 13.1 Å². The Morgan fingerprint density at radius 3 is 2.52 bits per heavy atom. The number of rotatable bonds is 5. The molecule has 5 nitrogen and oxygen atoms in total. The Balaban J connectivity index is 1.35. The summed E-state index contributed by atoms with van der Waals surface area (Å²) in [5, 5.41) is 8.02. The van der Waals surface area contributed by atoms with Gasteiger partial charge in [0.25, 0.3) is 0 Å². The van der Waals surface area contributed by atoms with Crippen LogP contribution < -0.4 is 0 Å². The molecular weight excluding hydrogens is 405 g/mol. The minimum atomic E-state index is -0.748. The molecule has 1 aliphatic heterocycles. The van der Waals surface area contributed by atoms with E-state index in [-0.39, 0.29) is 28.9 Å². The van der Waals surface area contributed by atoms with Crippen molar-refractivity contribution >= 4 is 5.91 Å². The molecule has 2 fully saturated rings. The van der Waals surface area contributed by atoms with Gasteiger partial charge < -0.3 is 9.47 Å². The fraction of sp³-hybridized carbons (Fsp3) is 0.348. The number of halogens is 3. The highest BCUT2D eigenvalue weighted by molar-refractivity contribution is 5.81. The maximum absolute atomic E-state index is 14.9. The monoisotopic (exact) mass is 426 g/mol. The summed E-state index contributed by atoms with van der Waals surface area (Å²) in [7, 11) is 0. The van der Waals surface area contributed by atoms with Crippen molar-refractivity contribution in [2.24, 2.45) is 11.8 Å². The molecule has 1 aliphatic carbocycles. The standard InChI is InChI=1S/C23H21F3N4O/c24-17-4-6-18(21(26)10-17)16-3-5-19(20(25)9-16)22-28-27-13-30(22)12-14-7-8-29(11-14)23(31)15-1-2-15/h3-6,9-10,13-15H,1-2,7-8,11-12H2/t14-/m1/s1. The third kappa shape index (κ3) is 3.94. The van der Waals surface area contributed by atoms with Crippen molar-refractivity contribution in [2.45, 2.75) is 25.8 Å². The average molecular weight is 426 g/mol. The smallest absolute Gasteiger partial charge is 0.225 e. The average Bonchev–Trinajstić information content (AvgIpc) is 3.32. The van der Waals surface area contributed by atoms with E-state index >= 15 is 0 Å². The van der Waals surface area contributed by atoms with Gasteiger partial charge in [-0.1, -0.05) is 6.07 Å². The molecule has 0 radical (unpaired) electrons. The van der Waals surface area contributed by atoms with Crippen molar-refractivity contribution in [1.82, 2.24) is 19.7 Å². The van der Waals surface area contributed by atoms with Crippen molar-refractivity contribution in [3.05, 3.63) is 60.2 Å². The van der Waals surface area contributed by atoms with Crippen LogP contribution in [0.1, 0.15) is 19.3 Å². The van der Waals surface area contributed by atoms with Gasteiger partial charge in [0.1, 0.15) is 23.8 Å². The van der Waals surface area contributed by atoms with Crippen LogP contribution in [0.5, 0.6) is 0 Å². The zero-order chi connectivity index (χ0) is 21.5. The molecule has 1 saturated carbocycles. The fourth-order valence-corrected chi connectivity index (χ4v) is 4.23. The lowest BCUT2D eigenvalue weighted by Crippen LogP contribution is -2.30. The Bertz CT molecular complexity index is 1140. The molecule has 1 aromatic heterocycles. The van der Waals surface area contributed by atoms with Gasteiger partial charge in [-0.25, -0.2) is 13.2 Å². The summed E-state index contributed by atoms with van der Waals surface area (Å²) in [6.07, 6.45) is 4.44. The number of likely N-dealkylation sites (tertiary alicyclic amines) is 1. The molecule has 2 aliphatic rings. The number of nitrogens with zero attached hydrogens (tertiary/aromatic N) is 4. The Morgan fingerprint density at radius 1 is 1.00 bits per heavy atom. The van der Waals surface area contributed by atoms with E-state index in [1.807, 2.05) is 4.90 Å². The first-order chi connectivity index (χ1) is 15.0. The first kappa shape index (κ1) is 19.8. The number of amides is 1. The third-order valence-electron chi connectivity index (χ3n) is 6.05. The maximum Gasteiger partial charge on any atom is 0.225 e. The molecule has 0 bridgehead atoms. The summed E-state index contributed by atoms with van der Waals surface area (Å²) < 4.78 is 44.0. The maximum atomic E-state index is 14.9. The lowest BCUT2D eigenvalue weighted by molar-refractivity contribution is -0.131. The first-order valence-electron chi connectivity index (χ1n) is 10.4. The summed E-state index contributed by atoms with van der Waals surface area (Å²) in [5.41, 5.74) is 0.696. The zero-order valence-corrected chi connectivity index (χ0v) is 16.8. The third-order valence-corrected chi connectivity index (χ3v) is 6.05. The topological polar surface area (TPSA) is 51.0 Å². The largest absolute Gasteiger partial charge is 0.342 e. The van der Waals surface area contributed by atoms with E-state index < -0.39 is 17.5 Å². The van der Waals surface area contributed by atoms with Crippen LogP contribution in [0.3, 0.4) is 0 Å². The quantitative estimate of drug-likeness (QED) is 0.612. The summed E-state index contributed by atoms with van der Waals surface area (Å²) >= 11 is 0. The number of carbonyl (C=O) groups is 1. The molecule has 2 aromatic carbocycles. The molecule has 160 valence electrons. The number of aromatic nitrogens is 3. The number of hydrogen-bond donors (Lipinski definition) is 0. The van der Waals surface area contributed by atoms with Crippen molar-refractivity contribution in [3.63, 3.8) is 0 Å². The summed E-state index contributed by atoms with van der Waals surface area (Å²) in [6, 6.07) is 7.54. The van der Waals surface area contributed by atoms with E-state index in [1.54, 1.807) is 17.0 Å². The molecule has 8 heteroatoms. The van der Waals surface area contributed by atoms with Gasteiger partial charge in [-0.15, -0.1) is 10.2 Å². The minimum absolute atomic E-state index is 0.125. The Hall–Kier alpha value is -3.16. The second-order valence-corrected chi connectivity index (χ2v) is 8.34. The van der Waals surface area contributed by atoms with E-state index in [0.717, 1.165) is 37.9 Å². The highest BCUT2D eigenvalue weighted by Gasteiger charge is 2.36. The summed E-state index contributed by atoms with van der Waals surface area (Å²) in [5.74, 6) is -0.891. The molecule has 0 spiro atoms. The molecule has 1 amide bonds. The lowest BCUT2D eigenvalue weighted by atomic mass is 10.0. The van der Waals surface area contributed by atoms with Crippen LogP contribution in [0.2, 0.25) is 0 Å². The van der Waals surface area contributed by atoms with Crippen LogP contribution >= 0.6 is 0 Å². The van der Waals surface area contributed by atoms with Gasteiger partial charge in [-0.2, -0.15) is 0 Å². The van der Waals surface area contributed by atoms with E-state index in [2.05, 4.69) is 10.2 Å². The minimum Gasteiger partial charge on any atom is -0.342 e. The molecule has 3 aromatic rings. The van der Waals surface area contributed by atoms with Gasteiger partial charge in [0.05, 0.1) is 5.56 Å². The second kappa shape index (κ2) is 7.83. The molecule has 1 atom stereocenters. The van der Waals surface area contributed by atoms with E-state index in [0.29, 0.717) is 24.5 Å². The highest BCUT2D eigenvalue weighted by atomic mass is 19.1. The van der Waals surface area contributed by atoms with Crippen LogP contribution in [0.25, 0.3) is 22.5 Å². The predicted molar refractivity (Wildman–Crippen MR) is 108 cm³/mol. The molecule has 1 saturated heterocycles. The molecule has 0 N–H and O–H groups in total. The SMILES string of the molecule is O=C(C1CC1)N1CC[C@@H](Cn2cnnc2-c2ccc(-c3ccc(F)cc3F)cc2F)C1. The van der Waals surface area contributed by atoms with Gasteiger partial charge >= 0.3 is 0 Å². The Morgan fingerprint density at radius 2 is 1.77 bits per heavy atom. The lowest BCUT2D eigenvalue weighted by Gasteiger charge is -2.17. The number of carbonyl (C=O) groups excluding carboxylic acids is 1. The van der Waals surface area contributed by atoms with Gasteiger partial charge in [0.2, 0.25) is 5.91 Å². The van der Waals surface area contributed by atoms with Crippen LogP contribution in [0.4, 0.5) is 13.2 Å². The highest BCUT2D eigenvalue weighted by Crippen LogP contribution is 2.34. The van der Waals surface area contributed by atoms with Crippen LogP contribution in [0, 0.1) is 29.3 Å². The van der Waals surface area contributed by atoms with Crippen LogP contribution in [-0.2, 0) is 11.3 Å². The van der Waals surface area contributed by atoms with Gasteiger partial charge in [0.15, 0.2) is 5.82 Å².